The molecule has 4 aromatic rings. The third kappa shape index (κ3) is 3.59. The molecule has 3 heterocycles. The predicted octanol–water partition coefficient (Wildman–Crippen LogP) is 4.40. The van der Waals surface area contributed by atoms with Gasteiger partial charge in [0.25, 0.3) is 0 Å². The molecule has 1 aliphatic rings. The number of methoxy groups -OCH3 is 1. The van der Waals surface area contributed by atoms with Crippen molar-refractivity contribution in [2.75, 3.05) is 12.4 Å². The summed E-state index contributed by atoms with van der Waals surface area (Å²) >= 11 is 1.38. The maximum absolute atomic E-state index is 15.0. The first-order valence-electron chi connectivity index (χ1n) is 10.1. The molecule has 0 unspecified atom stereocenters. The van der Waals surface area contributed by atoms with Gasteiger partial charge in [-0.2, -0.15) is 5.10 Å². The normalized spacial score (nSPS) is 12.3. The van der Waals surface area contributed by atoms with Crippen molar-refractivity contribution in [3.05, 3.63) is 65.4 Å². The van der Waals surface area contributed by atoms with Crippen molar-refractivity contribution in [1.82, 2.24) is 19.7 Å². The van der Waals surface area contributed by atoms with Crippen LogP contribution < -0.4 is 5.32 Å². The molecular weight excluding hydrogens is 429 g/mol. The number of hydrogen-bond donors (Lipinski definition) is 1. The van der Waals surface area contributed by atoms with Crippen LogP contribution in [0.25, 0.3) is 27.5 Å². The summed E-state index contributed by atoms with van der Waals surface area (Å²) in [4.78, 5) is 21.3. The first kappa shape index (κ1) is 20.5. The van der Waals surface area contributed by atoms with Crippen LogP contribution in [-0.2, 0) is 29.0 Å². The Morgan fingerprint density at radius 3 is 2.94 bits per heavy atom. The SMILES string of the molecule is COCc1ccc(F)c(-n2nc(-c3cccnc3)c3c2-c2sc(NC(C)=O)nc2CC3)c1. The van der Waals surface area contributed by atoms with Crippen LogP contribution in [0.15, 0.2) is 42.7 Å². The summed E-state index contributed by atoms with van der Waals surface area (Å²) in [5.74, 6) is -0.564. The molecule has 0 bridgehead atoms. The first-order chi connectivity index (χ1) is 15.5. The number of aryl methyl sites for hydroxylation is 1. The van der Waals surface area contributed by atoms with Crippen molar-refractivity contribution in [2.24, 2.45) is 0 Å². The van der Waals surface area contributed by atoms with Crippen molar-refractivity contribution in [1.29, 1.82) is 0 Å². The van der Waals surface area contributed by atoms with Gasteiger partial charge in [0.1, 0.15) is 11.5 Å². The van der Waals surface area contributed by atoms with Crippen LogP contribution in [0.5, 0.6) is 0 Å². The molecule has 1 amide bonds. The Bertz CT molecular complexity index is 1320. The number of pyridine rings is 1. The second-order valence-electron chi connectivity index (χ2n) is 7.52. The molecule has 0 aliphatic heterocycles. The summed E-state index contributed by atoms with van der Waals surface area (Å²) in [6.45, 7) is 1.82. The van der Waals surface area contributed by atoms with Crippen LogP contribution in [-0.4, -0.2) is 32.8 Å². The number of nitrogens with zero attached hydrogens (tertiary/aromatic N) is 4. The van der Waals surface area contributed by atoms with Gasteiger partial charge in [-0.15, -0.1) is 0 Å². The second-order valence-corrected chi connectivity index (χ2v) is 8.52. The van der Waals surface area contributed by atoms with Gasteiger partial charge in [0.05, 0.1) is 28.6 Å². The topological polar surface area (TPSA) is 81.9 Å². The van der Waals surface area contributed by atoms with Crippen LogP contribution in [0.1, 0.15) is 23.7 Å². The van der Waals surface area contributed by atoms with Gasteiger partial charge in [0.2, 0.25) is 5.91 Å². The number of anilines is 1. The second kappa shape index (κ2) is 8.25. The first-order valence-corrected chi connectivity index (χ1v) is 10.9. The van der Waals surface area contributed by atoms with E-state index < -0.39 is 0 Å². The minimum atomic E-state index is -0.383. The zero-order valence-electron chi connectivity index (χ0n) is 17.6. The number of halogens is 1. The van der Waals surface area contributed by atoms with Gasteiger partial charge in [-0.05, 0) is 42.7 Å². The molecule has 5 rings (SSSR count). The van der Waals surface area contributed by atoms with Gasteiger partial charge in [-0.1, -0.05) is 17.4 Å². The third-order valence-corrected chi connectivity index (χ3v) is 6.30. The van der Waals surface area contributed by atoms with E-state index in [-0.39, 0.29) is 11.7 Å². The van der Waals surface area contributed by atoms with Crippen LogP contribution in [0.3, 0.4) is 0 Å². The van der Waals surface area contributed by atoms with E-state index in [4.69, 9.17) is 9.84 Å². The molecule has 1 aliphatic carbocycles. The molecule has 0 atom stereocenters. The van der Waals surface area contributed by atoms with Crippen molar-refractivity contribution >= 4 is 22.4 Å². The summed E-state index contributed by atoms with van der Waals surface area (Å²) in [6.07, 6.45) is 4.89. The molecule has 32 heavy (non-hydrogen) atoms. The standard InChI is InChI=1S/C23H20FN5O2S/c1-13(30)26-23-27-18-8-6-16-20(15-4-3-9-25-11-15)28-29(21(16)22(18)32-23)19-10-14(12-31-2)5-7-17(19)24/h3-5,7,9-11H,6,8,12H2,1-2H3,(H,26,27,30). The molecule has 9 heteroatoms. The van der Waals surface area contributed by atoms with E-state index in [0.717, 1.165) is 38.6 Å². The number of aromatic nitrogens is 4. The molecule has 7 nitrogen and oxygen atoms in total. The molecule has 0 radical (unpaired) electrons. The summed E-state index contributed by atoms with van der Waals surface area (Å²) < 4.78 is 21.9. The number of amides is 1. The number of benzene rings is 1. The Labute approximate surface area is 187 Å². The van der Waals surface area contributed by atoms with Gasteiger partial charge in [-0.3, -0.25) is 9.78 Å². The highest BCUT2D eigenvalue weighted by Gasteiger charge is 2.30. The van der Waals surface area contributed by atoms with Crippen LogP contribution in [0.2, 0.25) is 0 Å². The molecule has 1 N–H and O–H groups in total. The summed E-state index contributed by atoms with van der Waals surface area (Å²) in [5.41, 5.74) is 5.51. The van der Waals surface area contributed by atoms with Gasteiger partial charge < -0.3 is 10.1 Å². The quantitative estimate of drug-likeness (QED) is 0.488. The van der Waals surface area contributed by atoms with E-state index in [2.05, 4.69) is 15.3 Å². The molecule has 1 aromatic carbocycles. The fraction of sp³-hybridized carbons (Fsp3) is 0.217. The van der Waals surface area contributed by atoms with Crippen molar-refractivity contribution in [3.63, 3.8) is 0 Å². The Morgan fingerprint density at radius 2 is 2.19 bits per heavy atom. The lowest BCUT2D eigenvalue weighted by molar-refractivity contribution is -0.114. The Kier molecular flexibility index (Phi) is 5.28. The van der Waals surface area contributed by atoms with Gasteiger partial charge >= 0.3 is 0 Å². The minimum absolute atomic E-state index is 0.181. The minimum Gasteiger partial charge on any atom is -0.380 e. The van der Waals surface area contributed by atoms with Crippen molar-refractivity contribution < 1.29 is 13.9 Å². The van der Waals surface area contributed by atoms with E-state index >= 15 is 4.39 Å². The monoisotopic (exact) mass is 449 g/mol. The number of thiazole rings is 1. The average molecular weight is 450 g/mol. The summed E-state index contributed by atoms with van der Waals surface area (Å²) in [5, 5.41) is 8.14. The Morgan fingerprint density at radius 1 is 1.31 bits per heavy atom. The summed E-state index contributed by atoms with van der Waals surface area (Å²) in [6, 6.07) is 8.69. The highest BCUT2D eigenvalue weighted by Crippen LogP contribution is 2.44. The molecule has 0 fully saturated rings. The Balaban J connectivity index is 1.75. The van der Waals surface area contributed by atoms with Crippen molar-refractivity contribution in [2.45, 2.75) is 26.4 Å². The highest BCUT2D eigenvalue weighted by atomic mass is 32.1. The molecular formula is C23H20FN5O2S. The number of carbonyl (C=O) groups is 1. The molecule has 0 saturated heterocycles. The lowest BCUT2D eigenvalue weighted by Gasteiger charge is -2.15. The third-order valence-electron chi connectivity index (χ3n) is 5.28. The zero-order chi connectivity index (χ0) is 22.2. The van der Waals surface area contributed by atoms with Gasteiger partial charge in [0, 0.05) is 37.6 Å². The zero-order valence-corrected chi connectivity index (χ0v) is 18.4. The van der Waals surface area contributed by atoms with Crippen LogP contribution in [0.4, 0.5) is 9.52 Å². The maximum atomic E-state index is 15.0. The molecule has 3 aromatic heterocycles. The fourth-order valence-electron chi connectivity index (χ4n) is 3.96. The van der Waals surface area contributed by atoms with E-state index in [1.54, 1.807) is 36.3 Å². The van der Waals surface area contributed by atoms with Gasteiger partial charge in [0.15, 0.2) is 5.13 Å². The Hall–Kier alpha value is -3.43. The number of ether oxygens (including phenoxy) is 1. The molecule has 0 spiro atoms. The highest BCUT2D eigenvalue weighted by molar-refractivity contribution is 7.19. The molecule has 162 valence electrons. The number of fused-ring (bicyclic) bond motifs is 3. The lowest BCUT2D eigenvalue weighted by atomic mass is 9.95. The fourth-order valence-corrected chi connectivity index (χ4v) is 5.08. The van der Waals surface area contributed by atoms with E-state index in [9.17, 15) is 4.79 Å². The number of hydrogen-bond acceptors (Lipinski definition) is 6. The molecule has 0 saturated carbocycles. The summed E-state index contributed by atoms with van der Waals surface area (Å²) in [7, 11) is 1.60. The number of nitrogens with one attached hydrogen (secondary N) is 1. The largest absolute Gasteiger partial charge is 0.380 e. The van der Waals surface area contributed by atoms with E-state index in [0.29, 0.717) is 30.3 Å². The lowest BCUT2D eigenvalue weighted by Crippen LogP contribution is -2.08. The number of rotatable bonds is 5. The van der Waals surface area contributed by atoms with Gasteiger partial charge in [-0.25, -0.2) is 14.1 Å². The van der Waals surface area contributed by atoms with Crippen LogP contribution in [0, 0.1) is 5.82 Å². The van der Waals surface area contributed by atoms with E-state index in [1.807, 2.05) is 12.1 Å². The van der Waals surface area contributed by atoms with E-state index in [1.165, 1.54) is 24.3 Å². The predicted molar refractivity (Wildman–Crippen MR) is 120 cm³/mol. The maximum Gasteiger partial charge on any atom is 0.223 e. The van der Waals surface area contributed by atoms with Crippen molar-refractivity contribution in [3.8, 4) is 27.5 Å². The average Bonchev–Trinajstić information content (AvgIpc) is 3.36. The van der Waals surface area contributed by atoms with Crippen LogP contribution >= 0.6 is 11.3 Å². The smallest absolute Gasteiger partial charge is 0.223 e. The number of carbonyl (C=O) groups excluding carboxylic acids is 1.